The Kier molecular flexibility index (Phi) is 2.47. The number of hydrogen-bond donors (Lipinski definition) is 1. The number of amides is 1. The molecule has 2 aromatic heterocycles. The third-order valence-corrected chi connectivity index (χ3v) is 2.26. The number of primary amides is 1. The number of aryl methyl sites for hydroxylation is 1. The first-order valence-electron chi connectivity index (χ1n) is 4.91. The number of nitrogens with two attached hydrogens (primary N) is 1. The summed E-state index contributed by atoms with van der Waals surface area (Å²) in [6, 6.07) is 1.71. The average Bonchev–Trinajstić information content (AvgIpc) is 2.62. The van der Waals surface area contributed by atoms with E-state index < -0.39 is 5.91 Å². The Bertz CT molecular complexity index is 547. The molecule has 0 aliphatic rings. The van der Waals surface area contributed by atoms with Crippen LogP contribution in [-0.2, 0) is 0 Å². The van der Waals surface area contributed by atoms with Crippen molar-refractivity contribution in [3.8, 4) is 5.88 Å². The zero-order valence-electron chi connectivity index (χ0n) is 9.10. The van der Waals surface area contributed by atoms with E-state index in [0.29, 0.717) is 29.4 Å². The Balaban J connectivity index is 2.60. The van der Waals surface area contributed by atoms with Crippen LogP contribution in [0.2, 0.25) is 0 Å². The Morgan fingerprint density at radius 1 is 1.62 bits per heavy atom. The van der Waals surface area contributed by atoms with E-state index in [-0.39, 0.29) is 0 Å². The van der Waals surface area contributed by atoms with Gasteiger partial charge in [0.05, 0.1) is 17.9 Å². The summed E-state index contributed by atoms with van der Waals surface area (Å²) < 4.78 is 6.80. The van der Waals surface area contributed by atoms with Gasteiger partial charge in [-0.05, 0) is 13.8 Å². The number of carbonyl (C=O) groups is 1. The molecule has 0 fully saturated rings. The molecular formula is C10H12N4O2. The first-order chi connectivity index (χ1) is 7.63. The quantitative estimate of drug-likeness (QED) is 0.818. The van der Waals surface area contributed by atoms with Crippen molar-refractivity contribution in [1.29, 1.82) is 0 Å². The Hall–Kier alpha value is -2.11. The van der Waals surface area contributed by atoms with Crippen molar-refractivity contribution < 1.29 is 9.53 Å². The number of ether oxygens (including phenoxy) is 1. The molecule has 0 aliphatic heterocycles. The van der Waals surface area contributed by atoms with Gasteiger partial charge in [-0.1, -0.05) is 0 Å². The molecule has 0 unspecified atom stereocenters. The molecule has 1 amide bonds. The molecule has 0 saturated heterocycles. The fourth-order valence-electron chi connectivity index (χ4n) is 1.49. The highest BCUT2D eigenvalue weighted by Crippen LogP contribution is 2.15. The summed E-state index contributed by atoms with van der Waals surface area (Å²) in [5, 5.41) is 4.17. The second-order valence-electron chi connectivity index (χ2n) is 3.31. The summed E-state index contributed by atoms with van der Waals surface area (Å²) in [4.78, 5) is 15.2. The van der Waals surface area contributed by atoms with E-state index in [1.165, 1.54) is 6.20 Å². The zero-order valence-corrected chi connectivity index (χ0v) is 9.10. The maximum atomic E-state index is 11.1. The molecule has 2 rings (SSSR count). The summed E-state index contributed by atoms with van der Waals surface area (Å²) in [6.45, 7) is 4.17. The van der Waals surface area contributed by atoms with E-state index in [1.807, 2.05) is 6.92 Å². The van der Waals surface area contributed by atoms with Crippen molar-refractivity contribution in [3.05, 3.63) is 23.5 Å². The molecule has 2 N–H and O–H groups in total. The van der Waals surface area contributed by atoms with Crippen LogP contribution >= 0.6 is 0 Å². The van der Waals surface area contributed by atoms with Gasteiger partial charge in [0, 0.05) is 12.3 Å². The number of carbonyl (C=O) groups excluding carboxylic acids is 1. The average molecular weight is 220 g/mol. The Morgan fingerprint density at radius 2 is 2.38 bits per heavy atom. The van der Waals surface area contributed by atoms with Gasteiger partial charge >= 0.3 is 0 Å². The standard InChI is InChI=1S/C10H12N4O2/c1-3-16-9-4-8-12-5-7(10(11)15)6(2)14(8)13-9/h4-5H,3H2,1-2H3,(H2,11,15). The predicted molar refractivity (Wildman–Crippen MR) is 57.4 cm³/mol. The smallest absolute Gasteiger partial charge is 0.252 e. The summed E-state index contributed by atoms with van der Waals surface area (Å²) in [6.07, 6.45) is 1.45. The van der Waals surface area contributed by atoms with Crippen LogP contribution < -0.4 is 10.5 Å². The van der Waals surface area contributed by atoms with Crippen molar-refractivity contribution in [3.63, 3.8) is 0 Å². The number of fused-ring (bicyclic) bond motifs is 1. The Morgan fingerprint density at radius 3 is 3.00 bits per heavy atom. The van der Waals surface area contributed by atoms with Gasteiger partial charge in [-0.2, -0.15) is 0 Å². The van der Waals surface area contributed by atoms with E-state index in [1.54, 1.807) is 17.5 Å². The maximum absolute atomic E-state index is 11.1. The van der Waals surface area contributed by atoms with E-state index in [0.717, 1.165) is 0 Å². The van der Waals surface area contributed by atoms with Crippen molar-refractivity contribution in [1.82, 2.24) is 14.6 Å². The Labute approximate surface area is 92.0 Å². The normalized spacial score (nSPS) is 10.6. The first-order valence-corrected chi connectivity index (χ1v) is 4.91. The van der Waals surface area contributed by atoms with Crippen LogP contribution in [0.25, 0.3) is 5.65 Å². The van der Waals surface area contributed by atoms with Gasteiger partial charge < -0.3 is 10.5 Å². The van der Waals surface area contributed by atoms with Crippen molar-refractivity contribution in [2.45, 2.75) is 13.8 Å². The lowest BCUT2D eigenvalue weighted by Crippen LogP contribution is -2.15. The third kappa shape index (κ3) is 1.58. The van der Waals surface area contributed by atoms with Gasteiger partial charge in [0.2, 0.25) is 5.88 Å². The van der Waals surface area contributed by atoms with Crippen LogP contribution in [0.1, 0.15) is 23.0 Å². The van der Waals surface area contributed by atoms with Crippen LogP contribution in [0, 0.1) is 6.92 Å². The molecule has 0 atom stereocenters. The molecule has 84 valence electrons. The number of aromatic nitrogens is 3. The van der Waals surface area contributed by atoms with Crippen molar-refractivity contribution in [2.75, 3.05) is 6.61 Å². The minimum Gasteiger partial charge on any atom is -0.477 e. The van der Waals surface area contributed by atoms with Gasteiger partial charge in [0.15, 0.2) is 5.65 Å². The molecule has 6 nitrogen and oxygen atoms in total. The fraction of sp³-hybridized carbons (Fsp3) is 0.300. The second-order valence-corrected chi connectivity index (χ2v) is 3.31. The molecular weight excluding hydrogens is 208 g/mol. The third-order valence-electron chi connectivity index (χ3n) is 2.26. The minimum absolute atomic E-state index is 0.360. The first kappa shape index (κ1) is 10.4. The van der Waals surface area contributed by atoms with E-state index in [2.05, 4.69) is 10.1 Å². The van der Waals surface area contributed by atoms with E-state index in [9.17, 15) is 4.79 Å². The molecule has 0 aromatic carbocycles. The lowest BCUT2D eigenvalue weighted by atomic mass is 10.2. The molecule has 16 heavy (non-hydrogen) atoms. The van der Waals surface area contributed by atoms with Crippen molar-refractivity contribution >= 4 is 11.6 Å². The van der Waals surface area contributed by atoms with Crippen molar-refractivity contribution in [2.24, 2.45) is 5.73 Å². The van der Waals surface area contributed by atoms with Crippen LogP contribution in [0.4, 0.5) is 0 Å². The second kappa shape index (κ2) is 3.80. The number of nitrogens with zero attached hydrogens (tertiary/aromatic N) is 3. The van der Waals surface area contributed by atoms with E-state index in [4.69, 9.17) is 10.5 Å². The molecule has 0 spiro atoms. The number of hydrogen-bond acceptors (Lipinski definition) is 4. The van der Waals surface area contributed by atoms with Gasteiger partial charge in [-0.3, -0.25) is 4.79 Å². The highest BCUT2D eigenvalue weighted by molar-refractivity contribution is 5.93. The van der Waals surface area contributed by atoms with Crippen LogP contribution in [0.15, 0.2) is 12.3 Å². The summed E-state index contributed by atoms with van der Waals surface area (Å²) in [5.41, 5.74) is 6.87. The summed E-state index contributed by atoms with van der Waals surface area (Å²) in [5.74, 6) is -0.0277. The lowest BCUT2D eigenvalue weighted by Gasteiger charge is -2.02. The lowest BCUT2D eigenvalue weighted by molar-refractivity contribution is 0.0998. The monoisotopic (exact) mass is 220 g/mol. The molecule has 0 radical (unpaired) electrons. The summed E-state index contributed by atoms with van der Waals surface area (Å²) >= 11 is 0. The highest BCUT2D eigenvalue weighted by atomic mass is 16.5. The molecule has 6 heteroatoms. The van der Waals surface area contributed by atoms with Gasteiger partial charge in [-0.25, -0.2) is 9.50 Å². The van der Waals surface area contributed by atoms with E-state index >= 15 is 0 Å². The zero-order chi connectivity index (χ0) is 11.7. The predicted octanol–water partition coefficient (Wildman–Crippen LogP) is 0.535. The molecule has 0 saturated carbocycles. The molecule has 2 heterocycles. The minimum atomic E-state index is -0.514. The summed E-state index contributed by atoms with van der Waals surface area (Å²) in [7, 11) is 0. The van der Waals surface area contributed by atoms with Crippen LogP contribution in [0.3, 0.4) is 0 Å². The van der Waals surface area contributed by atoms with Gasteiger partial charge in [0.1, 0.15) is 0 Å². The van der Waals surface area contributed by atoms with Crippen LogP contribution in [-0.4, -0.2) is 27.1 Å². The molecule has 0 bridgehead atoms. The number of rotatable bonds is 3. The maximum Gasteiger partial charge on any atom is 0.252 e. The highest BCUT2D eigenvalue weighted by Gasteiger charge is 2.11. The van der Waals surface area contributed by atoms with Crippen LogP contribution in [0.5, 0.6) is 5.88 Å². The van der Waals surface area contributed by atoms with Gasteiger partial charge in [0.25, 0.3) is 5.91 Å². The SMILES string of the molecule is CCOc1cc2ncc(C(N)=O)c(C)n2n1. The molecule has 2 aromatic rings. The largest absolute Gasteiger partial charge is 0.477 e. The fourth-order valence-corrected chi connectivity index (χ4v) is 1.49. The topological polar surface area (TPSA) is 82.5 Å². The molecule has 0 aliphatic carbocycles. The van der Waals surface area contributed by atoms with Gasteiger partial charge in [-0.15, -0.1) is 5.10 Å².